The van der Waals surface area contributed by atoms with Crippen LogP contribution in [0.25, 0.3) is 11.2 Å². The topological polar surface area (TPSA) is 174 Å². The minimum Gasteiger partial charge on any atom is -0.481 e. The minimum absolute atomic E-state index is 0.285. The van der Waals surface area contributed by atoms with Gasteiger partial charge in [-0.1, -0.05) is 84.0 Å². The number of carboxylic acids is 1. The Morgan fingerprint density at radius 1 is 0.973 bits per heavy atom. The second kappa shape index (κ2) is 19.1. The zero-order chi connectivity index (χ0) is 27.5. The summed E-state index contributed by atoms with van der Waals surface area (Å²) in [5.74, 6) is -0.370. The highest BCUT2D eigenvalue weighted by atomic mass is 31.2. The molecule has 0 bridgehead atoms. The van der Waals surface area contributed by atoms with Crippen LogP contribution in [0.4, 0.5) is 5.82 Å². The highest BCUT2D eigenvalue weighted by Gasteiger charge is 2.17. The highest BCUT2D eigenvalue weighted by molar-refractivity contribution is 7.51. The monoisotopic (exact) mass is 543 g/mol. The van der Waals surface area contributed by atoms with Gasteiger partial charge in [0.1, 0.15) is 18.2 Å². The molecule has 0 aliphatic carbocycles. The van der Waals surface area contributed by atoms with Crippen molar-refractivity contribution in [1.82, 2.24) is 19.5 Å². The van der Waals surface area contributed by atoms with Gasteiger partial charge in [-0.2, -0.15) is 0 Å². The van der Waals surface area contributed by atoms with Crippen LogP contribution in [0.3, 0.4) is 0 Å². The summed E-state index contributed by atoms with van der Waals surface area (Å²) >= 11 is 0. The lowest BCUT2D eigenvalue weighted by atomic mass is 10.0. The number of nitrogens with zero attached hydrogens (tertiary/aromatic N) is 4. The van der Waals surface area contributed by atoms with Crippen LogP contribution in [0, 0.1) is 0 Å². The number of carboxylic acid groups (broad SMARTS) is 1. The largest absolute Gasteiger partial charge is 0.481 e. The van der Waals surface area contributed by atoms with Crippen molar-refractivity contribution in [2.45, 2.75) is 116 Å². The number of fused-ring (bicyclic) bond motifs is 1. The molecule has 2 aromatic rings. The average Bonchev–Trinajstić information content (AvgIpc) is 3.24. The fourth-order valence-electron chi connectivity index (χ4n) is 3.88. The minimum atomic E-state index is -4.16. The van der Waals surface area contributed by atoms with Crippen LogP contribution >= 0.6 is 7.60 Å². The van der Waals surface area contributed by atoms with Gasteiger partial charge in [0.2, 0.25) is 0 Å². The summed E-state index contributed by atoms with van der Waals surface area (Å²) in [6, 6.07) is 0. The Hall–Kier alpha value is -2.07. The van der Waals surface area contributed by atoms with Crippen molar-refractivity contribution in [3.63, 3.8) is 0 Å². The van der Waals surface area contributed by atoms with E-state index in [0.29, 0.717) is 24.1 Å². The fraction of sp³-hybridized carbons (Fsp3) is 0.760. The lowest BCUT2D eigenvalue weighted by molar-refractivity contribution is -0.137. The van der Waals surface area contributed by atoms with Crippen LogP contribution in [0.5, 0.6) is 0 Å². The van der Waals surface area contributed by atoms with Crippen molar-refractivity contribution in [3.8, 4) is 0 Å². The van der Waals surface area contributed by atoms with Gasteiger partial charge < -0.3 is 29.9 Å². The van der Waals surface area contributed by atoms with Crippen molar-refractivity contribution < 1.29 is 29.0 Å². The van der Waals surface area contributed by atoms with Crippen molar-refractivity contribution in [1.29, 1.82) is 0 Å². The zero-order valence-corrected chi connectivity index (χ0v) is 23.3. The Kier molecular flexibility index (Phi) is 17.0. The van der Waals surface area contributed by atoms with Gasteiger partial charge >= 0.3 is 13.6 Å². The number of imidazole rings is 1. The summed E-state index contributed by atoms with van der Waals surface area (Å²) in [6.45, 7) is 4.31. The molecular weight excluding hydrogens is 497 g/mol. The van der Waals surface area contributed by atoms with E-state index in [9.17, 15) is 9.36 Å². The number of aliphatic carboxylic acids is 1. The molecule has 0 radical (unpaired) electrons. The third kappa shape index (κ3) is 16.4. The summed E-state index contributed by atoms with van der Waals surface area (Å²) in [6.07, 6.45) is 19.1. The van der Waals surface area contributed by atoms with Gasteiger partial charge in [0.05, 0.1) is 19.0 Å². The quantitative estimate of drug-likeness (QED) is 0.131. The van der Waals surface area contributed by atoms with Crippen molar-refractivity contribution in [2.24, 2.45) is 0 Å². The van der Waals surface area contributed by atoms with Crippen LogP contribution in [0.15, 0.2) is 12.7 Å². The van der Waals surface area contributed by atoms with Gasteiger partial charge in [-0.15, -0.1) is 0 Å². The number of anilines is 1. The van der Waals surface area contributed by atoms with Crippen molar-refractivity contribution >= 4 is 30.5 Å². The lowest BCUT2D eigenvalue weighted by Gasteiger charge is -2.14. The lowest BCUT2D eigenvalue weighted by Crippen LogP contribution is -2.17. The fourth-order valence-corrected chi connectivity index (χ4v) is 4.33. The predicted molar refractivity (Wildman–Crippen MR) is 145 cm³/mol. The Labute approximate surface area is 220 Å². The summed E-state index contributed by atoms with van der Waals surface area (Å²) in [5.41, 5.74) is 6.70. The summed E-state index contributed by atoms with van der Waals surface area (Å²) in [7, 11) is -4.16. The van der Waals surface area contributed by atoms with Gasteiger partial charge in [0.25, 0.3) is 0 Å². The normalized spacial score (nSPS) is 12.3. The van der Waals surface area contributed by atoms with Crippen LogP contribution in [-0.2, 0) is 20.6 Å². The number of nitrogens with two attached hydrogens (primary N) is 1. The Morgan fingerprint density at radius 2 is 1.51 bits per heavy atom. The standard InChI is InChI=1S/C16H32O2.C9H14N5O4P/c1-2-3-4-5-6-7-8-9-10-11-12-13-14-15-16(17)18;1-6(18-5-19(15,16)17)2-14-4-13-7-8(10)11-3-12-9(7)14/h2-15H2,1H3,(H,17,18);3-4,6H,2,5H2,1H3,(H2,10,11,12)(H2,15,16,17)/t;6-/m.1/s1. The molecular formula is C25H46N5O6P. The molecule has 0 aliphatic rings. The molecule has 12 heteroatoms. The number of ether oxygens (including phenoxy) is 1. The molecule has 2 aromatic heterocycles. The van der Waals surface area contributed by atoms with E-state index in [-0.39, 0.29) is 5.82 Å². The zero-order valence-electron chi connectivity index (χ0n) is 22.4. The summed E-state index contributed by atoms with van der Waals surface area (Å²) < 4.78 is 17.5. The Morgan fingerprint density at radius 3 is 2.03 bits per heavy atom. The summed E-state index contributed by atoms with van der Waals surface area (Å²) in [5, 5.41) is 8.49. The molecule has 2 rings (SSSR count). The van der Waals surface area contributed by atoms with E-state index in [1.807, 2.05) is 0 Å². The van der Waals surface area contributed by atoms with E-state index in [0.717, 1.165) is 12.8 Å². The Bertz CT molecular complexity index is 935. The van der Waals surface area contributed by atoms with Gasteiger partial charge in [-0.25, -0.2) is 15.0 Å². The average molecular weight is 544 g/mol. The molecule has 11 nitrogen and oxygen atoms in total. The molecule has 0 unspecified atom stereocenters. The molecule has 0 aromatic carbocycles. The molecule has 0 saturated carbocycles. The van der Waals surface area contributed by atoms with E-state index in [2.05, 4.69) is 21.9 Å². The van der Waals surface area contributed by atoms with E-state index >= 15 is 0 Å². The molecule has 212 valence electrons. The maximum absolute atomic E-state index is 10.7. The molecule has 0 spiro atoms. The SMILES string of the molecule is CCCCCCCCCCCCCCCC(=O)O.C[C@H](Cn1cnc2c(N)ncnc21)OCP(=O)(O)O. The third-order valence-corrected chi connectivity index (χ3v) is 6.39. The van der Waals surface area contributed by atoms with E-state index in [1.165, 1.54) is 83.3 Å². The van der Waals surface area contributed by atoms with E-state index in [1.54, 1.807) is 11.5 Å². The first-order chi connectivity index (χ1) is 17.6. The number of aromatic nitrogens is 4. The van der Waals surface area contributed by atoms with Crippen LogP contribution in [-0.4, -0.2) is 52.8 Å². The Balaban J connectivity index is 0.000000371. The van der Waals surface area contributed by atoms with Gasteiger partial charge in [-0.3, -0.25) is 9.36 Å². The number of hydrogen-bond acceptors (Lipinski definition) is 7. The van der Waals surface area contributed by atoms with E-state index < -0.39 is 26.0 Å². The predicted octanol–water partition coefficient (Wildman–Crippen LogP) is 5.50. The molecule has 0 amide bonds. The molecule has 0 aliphatic heterocycles. The van der Waals surface area contributed by atoms with Gasteiger partial charge in [0, 0.05) is 6.42 Å². The first-order valence-electron chi connectivity index (χ1n) is 13.4. The number of nitrogen functional groups attached to an aromatic ring is 1. The number of carbonyl (C=O) groups is 1. The highest BCUT2D eigenvalue weighted by Crippen LogP contribution is 2.34. The second-order valence-electron chi connectivity index (χ2n) is 9.49. The van der Waals surface area contributed by atoms with Gasteiger partial charge in [-0.05, 0) is 13.3 Å². The van der Waals surface area contributed by atoms with Crippen LogP contribution < -0.4 is 5.73 Å². The maximum atomic E-state index is 10.7. The smallest absolute Gasteiger partial charge is 0.350 e. The second-order valence-corrected chi connectivity index (χ2v) is 11.1. The van der Waals surface area contributed by atoms with Gasteiger partial charge in [0.15, 0.2) is 11.5 Å². The van der Waals surface area contributed by atoms with Crippen LogP contribution in [0.1, 0.15) is 104 Å². The molecule has 1 atom stereocenters. The van der Waals surface area contributed by atoms with Crippen molar-refractivity contribution in [3.05, 3.63) is 12.7 Å². The molecule has 2 heterocycles. The van der Waals surface area contributed by atoms with E-state index in [4.69, 9.17) is 25.4 Å². The first-order valence-corrected chi connectivity index (χ1v) is 15.2. The van der Waals surface area contributed by atoms with Crippen molar-refractivity contribution in [2.75, 3.05) is 12.1 Å². The number of rotatable bonds is 19. The molecule has 0 saturated heterocycles. The molecule has 37 heavy (non-hydrogen) atoms. The molecule has 5 N–H and O–H groups in total. The molecule has 0 fully saturated rings. The maximum Gasteiger partial charge on any atom is 0.350 e. The first kappa shape index (κ1) is 33.0. The summed E-state index contributed by atoms with van der Waals surface area (Å²) in [4.78, 5) is 39.7. The number of unbranched alkanes of at least 4 members (excludes halogenated alkanes) is 12. The number of hydrogen-bond donors (Lipinski definition) is 4. The van der Waals surface area contributed by atoms with Crippen LogP contribution in [0.2, 0.25) is 0 Å². The third-order valence-electron chi connectivity index (χ3n) is 5.90.